The fourth-order valence-corrected chi connectivity index (χ4v) is 3.19. The van der Waals surface area contributed by atoms with E-state index in [4.69, 9.17) is 16.3 Å². The third-order valence-corrected chi connectivity index (χ3v) is 4.95. The Labute approximate surface area is 171 Å². The predicted octanol–water partition coefficient (Wildman–Crippen LogP) is 6.74. The normalized spacial score (nSPS) is 10.7. The average molecular weight is 396 g/mol. The molecule has 1 aromatic rings. The van der Waals surface area contributed by atoms with Gasteiger partial charge in [-0.05, 0) is 30.7 Å². The van der Waals surface area contributed by atoms with E-state index in [1.165, 1.54) is 70.6 Å². The number of amides is 1. The van der Waals surface area contributed by atoms with Crippen LogP contribution in [0.15, 0.2) is 24.3 Å². The third-order valence-electron chi connectivity index (χ3n) is 4.76. The van der Waals surface area contributed by atoms with E-state index in [1.54, 1.807) is 12.1 Å². The summed E-state index contributed by atoms with van der Waals surface area (Å²) < 4.78 is 5.76. The maximum absolute atomic E-state index is 11.8. The van der Waals surface area contributed by atoms with Crippen molar-refractivity contribution in [1.29, 1.82) is 0 Å². The first-order chi connectivity index (χ1) is 13.3. The summed E-state index contributed by atoms with van der Waals surface area (Å²) in [6.45, 7) is 3.50. The molecule has 0 aliphatic rings. The van der Waals surface area contributed by atoms with Crippen LogP contribution in [0.2, 0.25) is 0 Å². The molecule has 0 aliphatic heterocycles. The molecule has 0 spiro atoms. The van der Waals surface area contributed by atoms with Crippen LogP contribution in [0.25, 0.3) is 0 Å². The molecule has 0 heterocycles. The topological polar surface area (TPSA) is 38.3 Å². The molecule has 0 aliphatic carbocycles. The maximum atomic E-state index is 11.8. The van der Waals surface area contributed by atoms with E-state index in [2.05, 4.69) is 12.2 Å². The first kappa shape index (κ1) is 23.8. The Balaban J connectivity index is 1.95. The zero-order chi connectivity index (χ0) is 19.6. The van der Waals surface area contributed by atoms with Gasteiger partial charge in [0.15, 0.2) is 0 Å². The van der Waals surface area contributed by atoms with Gasteiger partial charge in [-0.15, -0.1) is 11.6 Å². The molecule has 0 radical (unpaired) electrons. The minimum Gasteiger partial charge on any atom is -0.494 e. The lowest BCUT2D eigenvalue weighted by molar-refractivity contribution is 0.0956. The molecule has 0 bridgehead atoms. The van der Waals surface area contributed by atoms with Crippen molar-refractivity contribution in [3.8, 4) is 5.75 Å². The van der Waals surface area contributed by atoms with Gasteiger partial charge in [-0.25, -0.2) is 0 Å². The highest BCUT2D eigenvalue weighted by Gasteiger charge is 2.04. The summed E-state index contributed by atoms with van der Waals surface area (Å²) in [5.74, 6) is 1.15. The Kier molecular flexibility index (Phi) is 14.9. The number of rotatable bonds is 17. The molecule has 1 N–H and O–H groups in total. The summed E-state index contributed by atoms with van der Waals surface area (Å²) in [5.41, 5.74) is 0.637. The summed E-state index contributed by atoms with van der Waals surface area (Å²) in [7, 11) is 0. The Morgan fingerprint density at radius 3 is 1.89 bits per heavy atom. The van der Waals surface area contributed by atoms with Crippen molar-refractivity contribution in [3.63, 3.8) is 0 Å². The SMILES string of the molecule is CCCCCCCCCCCCCCOc1ccc(C(=O)NCCCl)cc1. The second kappa shape index (κ2) is 16.9. The van der Waals surface area contributed by atoms with E-state index in [-0.39, 0.29) is 5.91 Å². The number of carbonyl (C=O) groups is 1. The zero-order valence-electron chi connectivity index (χ0n) is 17.1. The van der Waals surface area contributed by atoms with Gasteiger partial charge in [0.1, 0.15) is 5.75 Å². The molecule has 3 nitrogen and oxygen atoms in total. The van der Waals surface area contributed by atoms with Gasteiger partial charge in [0.2, 0.25) is 0 Å². The highest BCUT2D eigenvalue weighted by molar-refractivity contribution is 6.18. The fraction of sp³-hybridized carbons (Fsp3) is 0.696. The van der Waals surface area contributed by atoms with E-state index < -0.39 is 0 Å². The van der Waals surface area contributed by atoms with Crippen molar-refractivity contribution in [1.82, 2.24) is 5.32 Å². The standard InChI is InChI=1S/C23H38ClNO2/c1-2-3-4-5-6-7-8-9-10-11-12-13-20-27-22-16-14-21(15-17-22)23(26)25-19-18-24/h14-17H,2-13,18-20H2,1H3,(H,25,26). The van der Waals surface area contributed by atoms with Gasteiger partial charge >= 0.3 is 0 Å². The fourth-order valence-electron chi connectivity index (χ4n) is 3.10. The van der Waals surface area contributed by atoms with E-state index in [0.29, 0.717) is 18.0 Å². The van der Waals surface area contributed by atoms with Crippen LogP contribution in [0.5, 0.6) is 5.75 Å². The summed E-state index contributed by atoms with van der Waals surface area (Å²) in [4.78, 5) is 11.8. The molecule has 0 saturated carbocycles. The summed E-state index contributed by atoms with van der Waals surface area (Å²) >= 11 is 5.57. The van der Waals surface area contributed by atoms with E-state index >= 15 is 0 Å². The van der Waals surface area contributed by atoms with Gasteiger partial charge in [-0.3, -0.25) is 4.79 Å². The molecule has 1 rings (SSSR count). The first-order valence-corrected chi connectivity index (χ1v) is 11.4. The van der Waals surface area contributed by atoms with Gasteiger partial charge < -0.3 is 10.1 Å². The first-order valence-electron chi connectivity index (χ1n) is 10.8. The van der Waals surface area contributed by atoms with Gasteiger partial charge in [-0.1, -0.05) is 77.6 Å². The molecule has 0 aromatic heterocycles. The Morgan fingerprint density at radius 2 is 1.37 bits per heavy atom. The van der Waals surface area contributed by atoms with Gasteiger partial charge in [0, 0.05) is 18.0 Å². The van der Waals surface area contributed by atoms with Gasteiger partial charge in [0.25, 0.3) is 5.91 Å². The van der Waals surface area contributed by atoms with Crippen LogP contribution in [0, 0.1) is 0 Å². The van der Waals surface area contributed by atoms with Crippen molar-refractivity contribution in [3.05, 3.63) is 29.8 Å². The highest BCUT2D eigenvalue weighted by atomic mass is 35.5. The monoisotopic (exact) mass is 395 g/mol. The molecule has 154 valence electrons. The van der Waals surface area contributed by atoms with E-state index in [9.17, 15) is 4.79 Å². The number of carbonyl (C=O) groups excluding carboxylic acids is 1. The number of hydrogen-bond acceptors (Lipinski definition) is 2. The summed E-state index contributed by atoms with van der Waals surface area (Å²) in [6, 6.07) is 7.30. The second-order valence-corrected chi connectivity index (χ2v) is 7.58. The minimum absolute atomic E-state index is 0.0943. The quantitative estimate of drug-likeness (QED) is 0.234. The van der Waals surface area contributed by atoms with E-state index in [0.717, 1.165) is 18.8 Å². The molecular weight excluding hydrogens is 358 g/mol. The lowest BCUT2D eigenvalue weighted by Gasteiger charge is -2.08. The molecule has 0 saturated heterocycles. The summed E-state index contributed by atoms with van der Waals surface area (Å²) in [6.07, 6.45) is 16.1. The van der Waals surface area contributed by atoms with Crippen LogP contribution in [0.4, 0.5) is 0 Å². The molecule has 1 amide bonds. The van der Waals surface area contributed by atoms with E-state index in [1.807, 2.05) is 12.1 Å². The number of unbranched alkanes of at least 4 members (excludes halogenated alkanes) is 11. The minimum atomic E-state index is -0.0943. The lowest BCUT2D eigenvalue weighted by Crippen LogP contribution is -2.25. The van der Waals surface area contributed by atoms with Crippen LogP contribution >= 0.6 is 11.6 Å². The predicted molar refractivity (Wildman–Crippen MR) is 116 cm³/mol. The zero-order valence-corrected chi connectivity index (χ0v) is 17.9. The molecule has 0 unspecified atom stereocenters. The Hall–Kier alpha value is -1.22. The Bertz CT molecular complexity index is 476. The number of halogens is 1. The molecule has 1 aromatic carbocycles. The van der Waals surface area contributed by atoms with Crippen molar-refractivity contribution < 1.29 is 9.53 Å². The van der Waals surface area contributed by atoms with Crippen LogP contribution < -0.4 is 10.1 Å². The largest absolute Gasteiger partial charge is 0.494 e. The second-order valence-electron chi connectivity index (χ2n) is 7.21. The molecule has 27 heavy (non-hydrogen) atoms. The number of benzene rings is 1. The van der Waals surface area contributed by atoms with Gasteiger partial charge in [-0.2, -0.15) is 0 Å². The lowest BCUT2D eigenvalue weighted by atomic mass is 10.1. The van der Waals surface area contributed by atoms with Crippen molar-refractivity contribution in [2.24, 2.45) is 0 Å². The third kappa shape index (κ3) is 12.7. The number of ether oxygens (including phenoxy) is 1. The molecule has 0 fully saturated rings. The smallest absolute Gasteiger partial charge is 0.251 e. The molecule has 0 atom stereocenters. The number of nitrogens with one attached hydrogen (secondary N) is 1. The van der Waals surface area contributed by atoms with Crippen molar-refractivity contribution in [2.45, 2.75) is 84.0 Å². The maximum Gasteiger partial charge on any atom is 0.251 e. The van der Waals surface area contributed by atoms with Gasteiger partial charge in [0.05, 0.1) is 6.61 Å². The van der Waals surface area contributed by atoms with Crippen LogP contribution in [-0.4, -0.2) is 24.9 Å². The molecule has 4 heteroatoms. The van der Waals surface area contributed by atoms with Crippen molar-refractivity contribution in [2.75, 3.05) is 19.0 Å². The van der Waals surface area contributed by atoms with Crippen molar-refractivity contribution >= 4 is 17.5 Å². The number of alkyl halides is 1. The average Bonchev–Trinajstić information content (AvgIpc) is 2.70. The number of hydrogen-bond donors (Lipinski definition) is 1. The van der Waals surface area contributed by atoms with Crippen LogP contribution in [0.3, 0.4) is 0 Å². The van der Waals surface area contributed by atoms with Crippen LogP contribution in [0.1, 0.15) is 94.3 Å². The van der Waals surface area contributed by atoms with Crippen LogP contribution in [-0.2, 0) is 0 Å². The highest BCUT2D eigenvalue weighted by Crippen LogP contribution is 2.14. The Morgan fingerprint density at radius 1 is 0.852 bits per heavy atom. The summed E-state index contributed by atoms with van der Waals surface area (Å²) in [5, 5.41) is 2.75. The molecular formula is C23H38ClNO2.